The van der Waals surface area contributed by atoms with Crippen molar-refractivity contribution in [2.75, 3.05) is 17.2 Å². The number of hydrogen-bond donors (Lipinski definition) is 3. The quantitative estimate of drug-likeness (QED) is 0.747. The molecule has 1 aliphatic rings. The zero-order valence-electron chi connectivity index (χ0n) is 10.9. The van der Waals surface area contributed by atoms with Crippen LogP contribution in [0, 0.1) is 0 Å². The second-order valence-electron chi connectivity index (χ2n) is 4.55. The van der Waals surface area contributed by atoms with Crippen LogP contribution in [0.5, 0.6) is 5.75 Å². The molecule has 2 amide bonds. The van der Waals surface area contributed by atoms with E-state index in [1.807, 2.05) is 0 Å². The highest BCUT2D eigenvalue weighted by Gasteiger charge is 2.17. The molecule has 0 saturated carbocycles. The minimum Gasteiger partial charge on any atom is -0.482 e. The first-order valence-electron chi connectivity index (χ1n) is 6.29. The lowest BCUT2D eigenvalue weighted by Crippen LogP contribution is -2.25. The van der Waals surface area contributed by atoms with Gasteiger partial charge in [0.15, 0.2) is 6.61 Å². The lowest BCUT2D eigenvalue weighted by atomic mass is 10.1. The zero-order valence-corrected chi connectivity index (χ0v) is 11.8. The Morgan fingerprint density at radius 2 is 1.95 bits per heavy atom. The third kappa shape index (κ3) is 3.00. The maximum atomic E-state index is 12.2. The monoisotopic (exact) mass is 300 g/mol. The van der Waals surface area contributed by atoms with Crippen LogP contribution in [0.1, 0.15) is 10.4 Å². The zero-order chi connectivity index (χ0) is 14.8. The van der Waals surface area contributed by atoms with Gasteiger partial charge in [0.05, 0.1) is 5.69 Å². The van der Waals surface area contributed by atoms with E-state index >= 15 is 0 Å². The summed E-state index contributed by atoms with van der Waals surface area (Å²) in [6, 6.07) is 12.0. The molecule has 0 saturated heterocycles. The smallest absolute Gasteiger partial charge is 0.262 e. The Morgan fingerprint density at radius 3 is 2.71 bits per heavy atom. The average Bonchev–Trinajstić information content (AvgIpc) is 2.48. The molecule has 2 N–H and O–H groups in total. The lowest BCUT2D eigenvalue weighted by Gasteiger charge is -2.18. The van der Waals surface area contributed by atoms with E-state index in [2.05, 4.69) is 23.3 Å². The van der Waals surface area contributed by atoms with E-state index in [0.717, 1.165) is 4.90 Å². The highest BCUT2D eigenvalue weighted by atomic mass is 32.1. The van der Waals surface area contributed by atoms with Crippen LogP contribution < -0.4 is 15.4 Å². The fraction of sp³-hybridized carbons (Fsp3) is 0.0667. The Kier molecular flexibility index (Phi) is 3.53. The predicted octanol–water partition coefficient (Wildman–Crippen LogP) is 2.56. The Hall–Kier alpha value is -2.47. The summed E-state index contributed by atoms with van der Waals surface area (Å²) in [5.41, 5.74) is 1.62. The SMILES string of the molecule is O=C1COc2ccc(C(=O)Nc3ccc(S)cc3)cc2N1. The van der Waals surface area contributed by atoms with Crippen molar-refractivity contribution in [1.82, 2.24) is 0 Å². The van der Waals surface area contributed by atoms with Crippen molar-refractivity contribution in [1.29, 1.82) is 0 Å². The molecule has 1 aliphatic heterocycles. The van der Waals surface area contributed by atoms with Crippen LogP contribution in [-0.4, -0.2) is 18.4 Å². The lowest BCUT2D eigenvalue weighted by molar-refractivity contribution is -0.118. The van der Waals surface area contributed by atoms with Gasteiger partial charge in [-0.05, 0) is 42.5 Å². The van der Waals surface area contributed by atoms with Crippen LogP contribution >= 0.6 is 12.6 Å². The van der Waals surface area contributed by atoms with Gasteiger partial charge in [-0.25, -0.2) is 0 Å². The molecule has 2 aromatic carbocycles. The molecular weight excluding hydrogens is 288 g/mol. The maximum absolute atomic E-state index is 12.2. The van der Waals surface area contributed by atoms with Crippen molar-refractivity contribution >= 4 is 35.8 Å². The first-order valence-corrected chi connectivity index (χ1v) is 6.73. The number of fused-ring (bicyclic) bond motifs is 1. The number of nitrogens with one attached hydrogen (secondary N) is 2. The molecule has 3 rings (SSSR count). The van der Waals surface area contributed by atoms with Gasteiger partial charge in [-0.3, -0.25) is 9.59 Å². The van der Waals surface area contributed by atoms with Gasteiger partial charge >= 0.3 is 0 Å². The Morgan fingerprint density at radius 1 is 1.19 bits per heavy atom. The number of rotatable bonds is 2. The van der Waals surface area contributed by atoms with Crippen LogP contribution in [0.25, 0.3) is 0 Å². The standard InChI is InChI=1S/C15H12N2O3S/c18-14-8-20-13-6-1-9(7-12(13)17-14)15(19)16-10-2-4-11(21)5-3-10/h1-7,21H,8H2,(H,16,19)(H,17,18). The molecule has 21 heavy (non-hydrogen) atoms. The van der Waals surface area contributed by atoms with Gasteiger partial charge < -0.3 is 15.4 Å². The van der Waals surface area contributed by atoms with Crippen molar-refractivity contribution < 1.29 is 14.3 Å². The van der Waals surface area contributed by atoms with Crippen molar-refractivity contribution in [3.05, 3.63) is 48.0 Å². The van der Waals surface area contributed by atoms with Gasteiger partial charge in [-0.15, -0.1) is 12.6 Å². The number of carbonyl (C=O) groups excluding carboxylic acids is 2. The Bertz CT molecular complexity index is 713. The number of ether oxygens (including phenoxy) is 1. The molecule has 2 aromatic rings. The van der Waals surface area contributed by atoms with Gasteiger partial charge in [0.1, 0.15) is 5.75 Å². The van der Waals surface area contributed by atoms with Gasteiger partial charge in [-0.2, -0.15) is 0 Å². The molecule has 0 radical (unpaired) electrons. The van der Waals surface area contributed by atoms with Gasteiger partial charge in [0, 0.05) is 16.1 Å². The second-order valence-corrected chi connectivity index (χ2v) is 5.07. The molecule has 0 atom stereocenters. The van der Waals surface area contributed by atoms with Crippen molar-refractivity contribution in [2.24, 2.45) is 0 Å². The van der Waals surface area contributed by atoms with Gasteiger partial charge in [-0.1, -0.05) is 0 Å². The van der Waals surface area contributed by atoms with Crippen LogP contribution in [0.3, 0.4) is 0 Å². The molecule has 0 unspecified atom stereocenters. The largest absolute Gasteiger partial charge is 0.482 e. The first kappa shape index (κ1) is 13.5. The minimum atomic E-state index is -0.260. The molecule has 6 heteroatoms. The number of hydrogen-bond acceptors (Lipinski definition) is 4. The highest BCUT2D eigenvalue weighted by molar-refractivity contribution is 7.80. The number of carbonyl (C=O) groups is 2. The van der Waals surface area contributed by atoms with Crippen LogP contribution in [-0.2, 0) is 4.79 Å². The first-order chi connectivity index (χ1) is 10.1. The van der Waals surface area contributed by atoms with Crippen LogP contribution in [0.2, 0.25) is 0 Å². The summed E-state index contributed by atoms with van der Waals surface area (Å²) >= 11 is 4.19. The molecular formula is C15H12N2O3S. The van der Waals surface area contributed by atoms with E-state index in [4.69, 9.17) is 4.74 Å². The minimum absolute atomic E-state index is 0.00534. The van der Waals surface area contributed by atoms with Crippen molar-refractivity contribution in [3.63, 3.8) is 0 Å². The predicted molar refractivity (Wildman–Crippen MR) is 82.2 cm³/mol. The summed E-state index contributed by atoms with van der Waals surface area (Å²) in [4.78, 5) is 24.3. The third-order valence-electron chi connectivity index (χ3n) is 3.00. The molecule has 0 fully saturated rings. The summed E-state index contributed by atoms with van der Waals surface area (Å²) in [6.07, 6.45) is 0. The van der Waals surface area contributed by atoms with Crippen molar-refractivity contribution in [2.45, 2.75) is 4.90 Å². The van der Waals surface area contributed by atoms with Crippen LogP contribution in [0.15, 0.2) is 47.4 Å². The fourth-order valence-electron chi connectivity index (χ4n) is 1.97. The number of amides is 2. The molecule has 0 spiro atoms. The third-order valence-corrected chi connectivity index (χ3v) is 3.30. The second kappa shape index (κ2) is 5.49. The Balaban J connectivity index is 1.80. The van der Waals surface area contributed by atoms with Gasteiger partial charge in [0.2, 0.25) is 0 Å². The molecule has 0 bridgehead atoms. The van der Waals surface area contributed by atoms with E-state index < -0.39 is 0 Å². The van der Waals surface area contributed by atoms with Crippen molar-refractivity contribution in [3.8, 4) is 5.75 Å². The molecule has 5 nitrogen and oxygen atoms in total. The van der Waals surface area contributed by atoms with E-state index in [0.29, 0.717) is 22.7 Å². The van der Waals surface area contributed by atoms with E-state index in [1.165, 1.54) is 0 Å². The summed E-state index contributed by atoms with van der Waals surface area (Å²) in [6.45, 7) is -0.00534. The molecule has 0 aromatic heterocycles. The molecule has 1 heterocycles. The number of thiol groups is 1. The Labute approximate surface area is 126 Å². The topological polar surface area (TPSA) is 67.4 Å². The highest BCUT2D eigenvalue weighted by Crippen LogP contribution is 2.28. The molecule has 0 aliphatic carbocycles. The fourth-order valence-corrected chi connectivity index (χ4v) is 2.12. The van der Waals surface area contributed by atoms with Gasteiger partial charge in [0.25, 0.3) is 11.8 Å². The van der Waals surface area contributed by atoms with E-state index in [-0.39, 0.29) is 18.4 Å². The average molecular weight is 300 g/mol. The summed E-state index contributed by atoms with van der Waals surface area (Å²) in [5, 5.41) is 5.45. The summed E-state index contributed by atoms with van der Waals surface area (Å²) < 4.78 is 5.25. The number of anilines is 2. The van der Waals surface area contributed by atoms with E-state index in [9.17, 15) is 9.59 Å². The summed E-state index contributed by atoms with van der Waals surface area (Å²) in [5.74, 6) is 0.0690. The molecule has 106 valence electrons. The summed E-state index contributed by atoms with van der Waals surface area (Å²) in [7, 11) is 0. The normalized spacial score (nSPS) is 12.9. The number of benzene rings is 2. The van der Waals surface area contributed by atoms with E-state index in [1.54, 1.807) is 42.5 Å². The van der Waals surface area contributed by atoms with Crippen LogP contribution in [0.4, 0.5) is 11.4 Å². The maximum Gasteiger partial charge on any atom is 0.262 e.